The van der Waals surface area contributed by atoms with Crippen LogP contribution in [0, 0.1) is 17.0 Å². The lowest BCUT2D eigenvalue weighted by Gasteiger charge is -1.89. The maximum absolute atomic E-state index is 12.8. The molecule has 5 heteroatoms. The summed E-state index contributed by atoms with van der Waals surface area (Å²) in [4.78, 5) is 0. The summed E-state index contributed by atoms with van der Waals surface area (Å²) in [5.41, 5.74) is 0.00623. The Bertz CT molecular complexity index is 470. The van der Waals surface area contributed by atoms with Gasteiger partial charge in [-0.1, -0.05) is 12.1 Å². The third-order valence-electron chi connectivity index (χ3n) is 1.18. The first kappa shape index (κ1) is 10.0. The molecule has 0 radical (unpaired) electrons. The third kappa shape index (κ3) is 3.45. The lowest BCUT2D eigenvalue weighted by atomic mass is 10.2. The van der Waals surface area contributed by atoms with Crippen molar-refractivity contribution in [2.75, 3.05) is 0 Å². The predicted octanol–water partition coefficient (Wildman–Crippen LogP) is 1.70. The van der Waals surface area contributed by atoms with Crippen molar-refractivity contribution in [3.63, 3.8) is 0 Å². The van der Waals surface area contributed by atoms with Crippen LogP contribution in [0.25, 0.3) is 0 Å². The zero-order chi connectivity index (χ0) is 9.90. The average Bonchev–Trinajstić information content (AvgIpc) is 2.01. The lowest BCUT2D eigenvalue weighted by Crippen LogP contribution is -1.84. The van der Waals surface area contributed by atoms with Gasteiger partial charge in [-0.3, -0.25) is 0 Å². The van der Waals surface area contributed by atoms with E-state index in [2.05, 4.69) is 5.92 Å². The van der Waals surface area contributed by atoms with E-state index >= 15 is 0 Å². The lowest BCUT2D eigenvalue weighted by molar-refractivity contribution is 0.618. The van der Waals surface area contributed by atoms with Crippen molar-refractivity contribution >= 4 is 19.7 Å². The van der Waals surface area contributed by atoms with Gasteiger partial charge in [0.05, 0.1) is 5.56 Å². The highest BCUT2D eigenvalue weighted by Gasteiger charge is 1.98. The van der Waals surface area contributed by atoms with Gasteiger partial charge in [-0.2, -0.15) is 8.42 Å². The van der Waals surface area contributed by atoms with Crippen molar-refractivity contribution in [2.24, 2.45) is 0 Å². The zero-order valence-electron chi connectivity index (χ0n) is 6.29. The van der Waals surface area contributed by atoms with Crippen LogP contribution in [0.5, 0.6) is 0 Å². The van der Waals surface area contributed by atoms with Crippen molar-refractivity contribution in [1.82, 2.24) is 0 Å². The minimum absolute atomic E-state index is 0.00623. The van der Waals surface area contributed by atoms with Gasteiger partial charge in [-0.05, 0) is 18.1 Å². The van der Waals surface area contributed by atoms with E-state index in [-0.39, 0.29) is 5.56 Å². The number of rotatable bonds is 0. The molecule has 0 amide bonds. The van der Waals surface area contributed by atoms with Gasteiger partial charge in [0.2, 0.25) is 0 Å². The van der Waals surface area contributed by atoms with E-state index < -0.39 is 14.9 Å². The molecule has 0 bridgehead atoms. The molecule has 1 rings (SSSR count). The first-order chi connectivity index (χ1) is 5.99. The Kier molecular flexibility index (Phi) is 2.91. The summed E-state index contributed by atoms with van der Waals surface area (Å²) in [6, 6.07) is 5.58. The minimum atomic E-state index is -3.89. The molecule has 0 saturated carbocycles. The standard InChI is InChI=1S/C8H4ClFO2S/c9-13(11,12)6-5-7-3-1-2-4-8(7)10/h1-4H. The second-order valence-corrected chi connectivity index (χ2v) is 4.44. The Morgan fingerprint density at radius 2 is 1.92 bits per heavy atom. The Balaban J connectivity index is 3.11. The van der Waals surface area contributed by atoms with Gasteiger partial charge >= 0.3 is 9.05 Å². The smallest absolute Gasteiger partial charge is 0.206 e. The summed E-state index contributed by atoms with van der Waals surface area (Å²) in [7, 11) is 0.917. The zero-order valence-corrected chi connectivity index (χ0v) is 7.86. The predicted molar refractivity (Wildman–Crippen MR) is 48.1 cm³/mol. The monoisotopic (exact) mass is 218 g/mol. The Morgan fingerprint density at radius 1 is 1.31 bits per heavy atom. The summed E-state index contributed by atoms with van der Waals surface area (Å²) in [5, 5.41) is 1.73. The van der Waals surface area contributed by atoms with E-state index in [1.54, 1.807) is 11.3 Å². The van der Waals surface area contributed by atoms with E-state index in [1.165, 1.54) is 18.2 Å². The van der Waals surface area contributed by atoms with Gasteiger partial charge < -0.3 is 0 Å². The number of hydrogen-bond donors (Lipinski definition) is 0. The summed E-state index contributed by atoms with van der Waals surface area (Å²) < 4.78 is 33.6. The maximum atomic E-state index is 12.8. The van der Waals surface area contributed by atoms with Crippen LogP contribution in [-0.4, -0.2) is 8.42 Å². The molecule has 0 aromatic heterocycles. The second kappa shape index (κ2) is 3.77. The fourth-order valence-electron chi connectivity index (χ4n) is 0.679. The number of halogens is 2. The molecule has 0 heterocycles. The first-order valence-corrected chi connectivity index (χ1v) is 5.52. The fraction of sp³-hybridized carbons (Fsp3) is 0. The largest absolute Gasteiger partial charge is 0.301 e. The Hall–Kier alpha value is -1.05. The number of hydrogen-bond acceptors (Lipinski definition) is 2. The van der Waals surface area contributed by atoms with Crippen molar-refractivity contribution in [3.05, 3.63) is 35.6 Å². The van der Waals surface area contributed by atoms with Crippen molar-refractivity contribution < 1.29 is 12.8 Å². The van der Waals surface area contributed by atoms with Crippen LogP contribution in [0.2, 0.25) is 0 Å². The highest BCUT2D eigenvalue weighted by Crippen LogP contribution is 2.04. The van der Waals surface area contributed by atoms with E-state index in [1.807, 2.05) is 0 Å². The summed E-state index contributed by atoms with van der Waals surface area (Å²) in [6.07, 6.45) is 0. The van der Waals surface area contributed by atoms with Gasteiger partial charge in [0.15, 0.2) is 0 Å². The quantitative estimate of drug-likeness (QED) is 0.491. The van der Waals surface area contributed by atoms with Crippen LogP contribution in [0.4, 0.5) is 4.39 Å². The maximum Gasteiger partial charge on any atom is 0.301 e. The molecule has 0 aliphatic heterocycles. The fourth-order valence-corrected chi connectivity index (χ4v) is 1.03. The second-order valence-electron chi connectivity index (χ2n) is 2.14. The summed E-state index contributed by atoms with van der Waals surface area (Å²) >= 11 is 0. The molecule has 0 unspecified atom stereocenters. The van der Waals surface area contributed by atoms with Gasteiger partial charge in [-0.15, -0.1) is 0 Å². The SMILES string of the molecule is O=S(=O)(Cl)C#Cc1ccccc1F. The van der Waals surface area contributed by atoms with E-state index in [4.69, 9.17) is 10.7 Å². The molecule has 68 valence electrons. The van der Waals surface area contributed by atoms with Crippen molar-refractivity contribution in [2.45, 2.75) is 0 Å². The minimum Gasteiger partial charge on any atom is -0.206 e. The highest BCUT2D eigenvalue weighted by atomic mass is 35.7. The first-order valence-electron chi connectivity index (χ1n) is 3.21. The average molecular weight is 219 g/mol. The molecule has 2 nitrogen and oxygen atoms in total. The molecule has 0 aliphatic rings. The van der Waals surface area contributed by atoms with Crippen LogP contribution >= 0.6 is 10.7 Å². The summed E-state index contributed by atoms with van der Waals surface area (Å²) in [6.45, 7) is 0. The Labute approximate surface area is 79.8 Å². The van der Waals surface area contributed by atoms with Crippen LogP contribution in [0.3, 0.4) is 0 Å². The third-order valence-corrected chi connectivity index (χ3v) is 1.76. The Morgan fingerprint density at radius 3 is 2.46 bits per heavy atom. The normalized spacial score (nSPS) is 10.3. The molecule has 0 atom stereocenters. The molecule has 0 saturated heterocycles. The van der Waals surface area contributed by atoms with Crippen LogP contribution in [0.15, 0.2) is 24.3 Å². The molecular formula is C8H4ClFO2S. The molecule has 0 aliphatic carbocycles. The van der Waals surface area contributed by atoms with Gasteiger partial charge in [-0.25, -0.2) is 4.39 Å². The molecule has 0 fully saturated rings. The molecule has 0 N–H and O–H groups in total. The van der Waals surface area contributed by atoms with Crippen LogP contribution in [0.1, 0.15) is 5.56 Å². The highest BCUT2D eigenvalue weighted by molar-refractivity contribution is 8.17. The van der Waals surface area contributed by atoms with E-state index in [9.17, 15) is 12.8 Å². The van der Waals surface area contributed by atoms with Gasteiger partial charge in [0.1, 0.15) is 5.82 Å². The topological polar surface area (TPSA) is 34.1 Å². The molecule has 0 spiro atoms. The van der Waals surface area contributed by atoms with Crippen LogP contribution < -0.4 is 0 Å². The molecular weight excluding hydrogens is 215 g/mol. The molecule has 13 heavy (non-hydrogen) atoms. The van der Waals surface area contributed by atoms with E-state index in [0.29, 0.717) is 0 Å². The van der Waals surface area contributed by atoms with E-state index in [0.717, 1.165) is 0 Å². The van der Waals surface area contributed by atoms with Gasteiger partial charge in [0, 0.05) is 15.9 Å². The van der Waals surface area contributed by atoms with Crippen molar-refractivity contribution in [3.8, 4) is 11.2 Å². The molecule has 1 aromatic rings. The number of benzene rings is 1. The summed E-state index contributed by atoms with van der Waals surface area (Å²) in [5.74, 6) is 1.53. The molecule has 1 aromatic carbocycles. The van der Waals surface area contributed by atoms with Crippen molar-refractivity contribution in [1.29, 1.82) is 0 Å². The van der Waals surface area contributed by atoms with Gasteiger partial charge in [0.25, 0.3) is 0 Å². The van der Waals surface area contributed by atoms with Crippen LogP contribution in [-0.2, 0) is 9.05 Å².